The Morgan fingerprint density at radius 3 is 2.69 bits per heavy atom. The summed E-state index contributed by atoms with van der Waals surface area (Å²) in [5.41, 5.74) is 1.02. The summed E-state index contributed by atoms with van der Waals surface area (Å²) in [5, 5.41) is 0.738. The van der Waals surface area contributed by atoms with Crippen LogP contribution in [-0.2, 0) is 6.54 Å². The van der Waals surface area contributed by atoms with Crippen LogP contribution in [0.1, 0.15) is 16.3 Å². The van der Waals surface area contributed by atoms with E-state index in [2.05, 4.69) is 40.7 Å². The number of piperazine rings is 1. The number of pyridine rings is 1. The molecule has 1 aliphatic rings. The van der Waals surface area contributed by atoms with Gasteiger partial charge in [0.05, 0.1) is 11.9 Å². The molecule has 6 nitrogen and oxygen atoms in total. The Kier molecular flexibility index (Phi) is 4.81. The van der Waals surface area contributed by atoms with Crippen molar-refractivity contribution in [1.82, 2.24) is 19.9 Å². The lowest BCUT2D eigenvalue weighted by atomic mass is 10.2. The summed E-state index contributed by atoms with van der Waals surface area (Å²) in [6.45, 7) is 8.36. The van der Waals surface area contributed by atoms with Crippen LogP contribution in [0.3, 0.4) is 0 Å². The van der Waals surface area contributed by atoms with E-state index in [-0.39, 0.29) is 5.56 Å². The third-order valence-corrected chi connectivity index (χ3v) is 6.44. The predicted octanol–water partition coefficient (Wildman–Crippen LogP) is 3.08. The van der Waals surface area contributed by atoms with E-state index in [9.17, 15) is 4.79 Å². The molecule has 1 saturated heterocycles. The molecule has 0 radical (unpaired) electrons. The Bertz CT molecular complexity index is 989. The van der Waals surface area contributed by atoms with Crippen LogP contribution >= 0.6 is 27.3 Å². The molecule has 4 rings (SSSR count). The minimum Gasteiger partial charge on any atom is -0.354 e. The first-order valence-corrected chi connectivity index (χ1v) is 10.2. The molecule has 0 amide bonds. The van der Waals surface area contributed by atoms with Crippen molar-refractivity contribution in [3.05, 3.63) is 49.4 Å². The van der Waals surface area contributed by atoms with E-state index in [1.807, 2.05) is 32.2 Å². The highest BCUT2D eigenvalue weighted by atomic mass is 79.9. The average molecular weight is 434 g/mol. The standard InChI is InChI=1S/C18H20BrN5OS/c1-11-12(2)26-18-16(11)17(25)21-14(22-18)10-23-5-7-24(8-6-23)15-4-3-13(19)9-20-15/h3-4,9H,5-8,10H2,1-2H3,(H,21,22,25). The number of nitrogens with one attached hydrogen (secondary N) is 1. The maximum Gasteiger partial charge on any atom is 0.259 e. The van der Waals surface area contributed by atoms with E-state index in [1.54, 1.807) is 11.3 Å². The second-order valence-corrected chi connectivity index (χ2v) is 8.69. The Labute approximate surface area is 164 Å². The third kappa shape index (κ3) is 3.41. The smallest absolute Gasteiger partial charge is 0.259 e. The first-order chi connectivity index (χ1) is 12.5. The van der Waals surface area contributed by atoms with E-state index in [0.717, 1.165) is 63.0 Å². The fraction of sp³-hybridized carbons (Fsp3) is 0.389. The predicted molar refractivity (Wildman–Crippen MR) is 109 cm³/mol. The number of fused-ring (bicyclic) bond motifs is 1. The van der Waals surface area contributed by atoms with Gasteiger partial charge < -0.3 is 9.88 Å². The maximum absolute atomic E-state index is 12.4. The van der Waals surface area contributed by atoms with E-state index >= 15 is 0 Å². The summed E-state index contributed by atoms with van der Waals surface area (Å²) in [5.74, 6) is 1.75. The maximum atomic E-state index is 12.4. The van der Waals surface area contributed by atoms with Crippen molar-refractivity contribution < 1.29 is 0 Å². The third-order valence-electron chi connectivity index (χ3n) is 4.87. The summed E-state index contributed by atoms with van der Waals surface area (Å²) in [6, 6.07) is 4.05. The number of rotatable bonds is 3. The van der Waals surface area contributed by atoms with Crippen LogP contribution in [0.5, 0.6) is 0 Å². The molecule has 1 aliphatic heterocycles. The molecule has 1 fully saturated rings. The van der Waals surface area contributed by atoms with Crippen LogP contribution in [0, 0.1) is 13.8 Å². The van der Waals surface area contributed by atoms with Gasteiger partial charge in [0.1, 0.15) is 16.5 Å². The zero-order valence-electron chi connectivity index (χ0n) is 14.8. The SMILES string of the molecule is Cc1sc2nc(CN3CCN(c4ccc(Br)cn4)CC3)[nH]c(=O)c2c1C. The van der Waals surface area contributed by atoms with E-state index in [0.29, 0.717) is 6.54 Å². The van der Waals surface area contributed by atoms with Gasteiger partial charge >= 0.3 is 0 Å². The summed E-state index contributed by atoms with van der Waals surface area (Å²) in [7, 11) is 0. The second kappa shape index (κ2) is 7.09. The topological polar surface area (TPSA) is 65.1 Å². The van der Waals surface area contributed by atoms with Crippen LogP contribution in [0.2, 0.25) is 0 Å². The number of aromatic amines is 1. The monoisotopic (exact) mass is 433 g/mol. The Morgan fingerprint density at radius 1 is 1.23 bits per heavy atom. The van der Waals surface area contributed by atoms with Gasteiger partial charge in [0.25, 0.3) is 5.56 Å². The number of aryl methyl sites for hydroxylation is 2. The van der Waals surface area contributed by atoms with Crippen molar-refractivity contribution in [2.24, 2.45) is 0 Å². The van der Waals surface area contributed by atoms with Crippen molar-refractivity contribution in [1.29, 1.82) is 0 Å². The Hall–Kier alpha value is -1.77. The van der Waals surface area contributed by atoms with Gasteiger partial charge in [-0.2, -0.15) is 0 Å². The molecule has 0 spiro atoms. The lowest BCUT2D eigenvalue weighted by Gasteiger charge is -2.35. The average Bonchev–Trinajstić information content (AvgIpc) is 2.91. The lowest BCUT2D eigenvalue weighted by Crippen LogP contribution is -2.46. The van der Waals surface area contributed by atoms with Crippen LogP contribution < -0.4 is 10.5 Å². The summed E-state index contributed by atoms with van der Waals surface area (Å²) < 4.78 is 0.990. The molecule has 0 aliphatic carbocycles. The minimum absolute atomic E-state index is 0.0236. The van der Waals surface area contributed by atoms with Gasteiger partial charge in [-0.3, -0.25) is 9.69 Å². The van der Waals surface area contributed by atoms with Crippen molar-refractivity contribution in [3.63, 3.8) is 0 Å². The van der Waals surface area contributed by atoms with Gasteiger partial charge in [-0.05, 0) is 47.5 Å². The Balaban J connectivity index is 1.45. The van der Waals surface area contributed by atoms with Gasteiger partial charge in [-0.15, -0.1) is 11.3 Å². The molecule has 136 valence electrons. The van der Waals surface area contributed by atoms with Gasteiger partial charge in [0, 0.05) is 41.7 Å². The van der Waals surface area contributed by atoms with Crippen molar-refractivity contribution in [2.45, 2.75) is 20.4 Å². The molecule has 0 bridgehead atoms. The minimum atomic E-state index is -0.0236. The molecule has 4 heterocycles. The van der Waals surface area contributed by atoms with E-state index in [1.165, 1.54) is 0 Å². The van der Waals surface area contributed by atoms with E-state index < -0.39 is 0 Å². The molecule has 0 unspecified atom stereocenters. The van der Waals surface area contributed by atoms with Gasteiger partial charge in [-0.25, -0.2) is 9.97 Å². The zero-order chi connectivity index (χ0) is 18.3. The Morgan fingerprint density at radius 2 is 2.00 bits per heavy atom. The number of hydrogen-bond acceptors (Lipinski definition) is 6. The molecule has 1 N–H and O–H groups in total. The largest absolute Gasteiger partial charge is 0.354 e. The highest BCUT2D eigenvalue weighted by Gasteiger charge is 2.19. The quantitative estimate of drug-likeness (QED) is 0.687. The normalized spacial score (nSPS) is 15.7. The first-order valence-electron chi connectivity index (χ1n) is 8.59. The zero-order valence-corrected chi connectivity index (χ0v) is 17.2. The van der Waals surface area contributed by atoms with Crippen LogP contribution in [0.25, 0.3) is 10.2 Å². The van der Waals surface area contributed by atoms with Gasteiger partial charge in [-0.1, -0.05) is 0 Å². The highest BCUT2D eigenvalue weighted by Crippen LogP contribution is 2.26. The molecule has 8 heteroatoms. The van der Waals surface area contributed by atoms with Gasteiger partial charge in [0.15, 0.2) is 0 Å². The molecule has 3 aromatic heterocycles. The van der Waals surface area contributed by atoms with Crippen LogP contribution in [-0.4, -0.2) is 46.0 Å². The van der Waals surface area contributed by atoms with Crippen LogP contribution in [0.15, 0.2) is 27.6 Å². The highest BCUT2D eigenvalue weighted by molar-refractivity contribution is 9.10. The van der Waals surface area contributed by atoms with Crippen molar-refractivity contribution in [3.8, 4) is 0 Å². The molecular weight excluding hydrogens is 414 g/mol. The number of thiophene rings is 1. The number of H-pyrrole nitrogens is 1. The fourth-order valence-electron chi connectivity index (χ4n) is 3.28. The number of hydrogen-bond donors (Lipinski definition) is 1. The number of halogens is 1. The number of aromatic nitrogens is 3. The molecular formula is C18H20BrN5OS. The molecule has 26 heavy (non-hydrogen) atoms. The first kappa shape index (κ1) is 17.6. The van der Waals surface area contributed by atoms with Crippen molar-refractivity contribution in [2.75, 3.05) is 31.1 Å². The molecule has 3 aromatic rings. The molecule has 0 saturated carbocycles. The van der Waals surface area contributed by atoms with E-state index in [4.69, 9.17) is 0 Å². The lowest BCUT2D eigenvalue weighted by molar-refractivity contribution is 0.243. The molecule has 0 aromatic carbocycles. The molecule has 0 atom stereocenters. The number of anilines is 1. The second-order valence-electron chi connectivity index (χ2n) is 6.57. The van der Waals surface area contributed by atoms with Crippen LogP contribution in [0.4, 0.5) is 5.82 Å². The summed E-state index contributed by atoms with van der Waals surface area (Å²) in [6.07, 6.45) is 1.83. The summed E-state index contributed by atoms with van der Waals surface area (Å²) >= 11 is 5.02. The van der Waals surface area contributed by atoms with Crippen molar-refractivity contribution >= 4 is 43.3 Å². The number of nitrogens with zero attached hydrogens (tertiary/aromatic N) is 4. The summed E-state index contributed by atoms with van der Waals surface area (Å²) in [4.78, 5) is 31.2. The van der Waals surface area contributed by atoms with Gasteiger partial charge in [0.2, 0.25) is 0 Å². The fourth-order valence-corrected chi connectivity index (χ4v) is 4.56.